The minimum Gasteiger partial charge on any atom is -0.490 e. The summed E-state index contributed by atoms with van der Waals surface area (Å²) >= 11 is 0. The Morgan fingerprint density at radius 3 is 2.36 bits per heavy atom. The third-order valence-corrected chi connectivity index (χ3v) is 4.06. The number of anilines is 1. The van der Waals surface area contributed by atoms with E-state index in [1.165, 1.54) is 18.0 Å². The van der Waals surface area contributed by atoms with Crippen molar-refractivity contribution in [3.63, 3.8) is 0 Å². The van der Waals surface area contributed by atoms with Crippen LogP contribution in [-0.4, -0.2) is 40.8 Å². The molecule has 1 N–H and O–H groups in total. The molecule has 1 aliphatic rings. The number of carboxylic acid groups (broad SMARTS) is 1. The first-order chi connectivity index (χ1) is 12.1. The molecule has 0 atom stereocenters. The lowest BCUT2D eigenvalue weighted by Gasteiger charge is -2.30. The molecular weight excluding hydrogens is 322 g/mol. The fraction of sp³-hybridized carbons (Fsp3) is 0.389. The van der Waals surface area contributed by atoms with Crippen LogP contribution in [0.3, 0.4) is 0 Å². The fourth-order valence-corrected chi connectivity index (χ4v) is 2.89. The number of benzene rings is 1. The quantitative estimate of drug-likeness (QED) is 0.862. The van der Waals surface area contributed by atoms with E-state index in [4.69, 9.17) is 14.6 Å². The molecule has 0 amide bonds. The predicted octanol–water partition coefficient (Wildman–Crippen LogP) is 2.53. The number of fused-ring (bicyclic) bond motifs is 1. The minimum absolute atomic E-state index is 0.0545. The molecule has 2 heterocycles. The second kappa shape index (κ2) is 7.38. The Morgan fingerprint density at radius 1 is 1.12 bits per heavy atom. The summed E-state index contributed by atoms with van der Waals surface area (Å²) in [7, 11) is 0. The van der Waals surface area contributed by atoms with Crippen LogP contribution in [0.15, 0.2) is 24.5 Å². The van der Waals surface area contributed by atoms with Crippen molar-refractivity contribution in [3.05, 3.63) is 41.3 Å². The van der Waals surface area contributed by atoms with Crippen LogP contribution >= 0.6 is 0 Å². The molecule has 132 valence electrons. The van der Waals surface area contributed by atoms with Crippen molar-refractivity contribution in [1.29, 1.82) is 0 Å². The number of nitrogens with zero attached hydrogens (tertiary/aromatic N) is 3. The molecule has 0 unspecified atom stereocenters. The monoisotopic (exact) mass is 343 g/mol. The van der Waals surface area contributed by atoms with E-state index in [0.29, 0.717) is 25.6 Å². The van der Waals surface area contributed by atoms with Crippen LogP contribution < -0.4 is 14.4 Å². The van der Waals surface area contributed by atoms with Crippen molar-refractivity contribution in [2.45, 2.75) is 26.8 Å². The van der Waals surface area contributed by atoms with E-state index in [-0.39, 0.29) is 5.69 Å². The Labute approximate surface area is 146 Å². The largest absolute Gasteiger partial charge is 0.490 e. The van der Waals surface area contributed by atoms with Crippen molar-refractivity contribution in [3.8, 4) is 11.5 Å². The van der Waals surface area contributed by atoms with Crippen molar-refractivity contribution in [2.75, 3.05) is 24.7 Å². The second-order valence-corrected chi connectivity index (χ2v) is 5.67. The lowest BCUT2D eigenvalue weighted by molar-refractivity contribution is 0.0690. The van der Waals surface area contributed by atoms with Crippen LogP contribution in [-0.2, 0) is 13.0 Å². The maximum Gasteiger partial charge on any atom is 0.356 e. The minimum atomic E-state index is -1.08. The van der Waals surface area contributed by atoms with Crippen LogP contribution in [0.5, 0.6) is 11.5 Å². The smallest absolute Gasteiger partial charge is 0.356 e. The maximum atomic E-state index is 10.9. The molecule has 7 heteroatoms. The first kappa shape index (κ1) is 17.0. The summed E-state index contributed by atoms with van der Waals surface area (Å²) in [4.78, 5) is 21.2. The summed E-state index contributed by atoms with van der Waals surface area (Å²) in [5, 5.41) is 8.93. The summed E-state index contributed by atoms with van der Waals surface area (Å²) in [5.74, 6) is 1.12. The van der Waals surface area contributed by atoms with Gasteiger partial charge in [0.25, 0.3) is 0 Å². The van der Waals surface area contributed by atoms with E-state index in [1.807, 2.05) is 19.9 Å². The van der Waals surface area contributed by atoms with E-state index >= 15 is 0 Å². The van der Waals surface area contributed by atoms with Gasteiger partial charge >= 0.3 is 5.97 Å². The van der Waals surface area contributed by atoms with Crippen LogP contribution in [0.4, 0.5) is 5.82 Å². The third-order valence-electron chi connectivity index (χ3n) is 4.06. The number of ether oxygens (including phenoxy) is 2. The molecule has 0 spiro atoms. The second-order valence-electron chi connectivity index (χ2n) is 5.67. The van der Waals surface area contributed by atoms with Gasteiger partial charge < -0.3 is 19.5 Å². The van der Waals surface area contributed by atoms with Gasteiger partial charge in [0.1, 0.15) is 5.82 Å². The topological polar surface area (TPSA) is 84.8 Å². The van der Waals surface area contributed by atoms with Gasteiger partial charge in [-0.2, -0.15) is 0 Å². The number of carboxylic acids is 1. The molecule has 1 aliphatic heterocycles. The zero-order chi connectivity index (χ0) is 17.8. The van der Waals surface area contributed by atoms with Gasteiger partial charge in [-0.05, 0) is 43.5 Å². The van der Waals surface area contributed by atoms with Gasteiger partial charge in [0.15, 0.2) is 17.2 Å². The van der Waals surface area contributed by atoms with E-state index < -0.39 is 5.97 Å². The third kappa shape index (κ3) is 3.65. The lowest BCUT2D eigenvalue weighted by atomic mass is 9.99. The highest BCUT2D eigenvalue weighted by Crippen LogP contribution is 2.34. The number of carbonyl (C=O) groups is 1. The molecule has 0 bridgehead atoms. The number of hydrogen-bond donors (Lipinski definition) is 1. The predicted molar refractivity (Wildman–Crippen MR) is 92.5 cm³/mol. The summed E-state index contributed by atoms with van der Waals surface area (Å²) in [6, 6.07) is 4.08. The van der Waals surface area contributed by atoms with Gasteiger partial charge in [-0.25, -0.2) is 14.8 Å². The molecule has 0 aliphatic carbocycles. The molecule has 0 fully saturated rings. The molecule has 1 aromatic carbocycles. The number of rotatable bonds is 6. The van der Waals surface area contributed by atoms with Gasteiger partial charge in [0, 0.05) is 13.1 Å². The summed E-state index contributed by atoms with van der Waals surface area (Å²) in [5.41, 5.74) is 2.33. The van der Waals surface area contributed by atoms with Crippen LogP contribution in [0.1, 0.15) is 35.5 Å². The highest BCUT2D eigenvalue weighted by molar-refractivity contribution is 5.84. The van der Waals surface area contributed by atoms with Crippen molar-refractivity contribution >= 4 is 11.8 Å². The van der Waals surface area contributed by atoms with Crippen LogP contribution in [0.25, 0.3) is 0 Å². The number of aromatic nitrogens is 2. The van der Waals surface area contributed by atoms with Crippen LogP contribution in [0.2, 0.25) is 0 Å². The van der Waals surface area contributed by atoms with Crippen molar-refractivity contribution < 1.29 is 19.4 Å². The Bertz CT molecular complexity index is 762. The molecular formula is C18H21N3O4. The number of hydrogen-bond acceptors (Lipinski definition) is 6. The average molecular weight is 343 g/mol. The zero-order valence-corrected chi connectivity index (χ0v) is 14.4. The summed E-state index contributed by atoms with van der Waals surface area (Å²) in [6.45, 7) is 6.52. The van der Waals surface area contributed by atoms with Crippen molar-refractivity contribution in [1.82, 2.24) is 9.97 Å². The average Bonchev–Trinajstić information content (AvgIpc) is 2.62. The van der Waals surface area contributed by atoms with Gasteiger partial charge in [0.2, 0.25) is 0 Å². The van der Waals surface area contributed by atoms with Gasteiger partial charge in [-0.1, -0.05) is 0 Å². The molecule has 0 saturated heterocycles. The van der Waals surface area contributed by atoms with E-state index in [2.05, 4.69) is 20.9 Å². The lowest BCUT2D eigenvalue weighted by Crippen LogP contribution is -2.31. The maximum absolute atomic E-state index is 10.9. The fourth-order valence-electron chi connectivity index (χ4n) is 2.89. The van der Waals surface area contributed by atoms with E-state index in [0.717, 1.165) is 30.0 Å². The van der Waals surface area contributed by atoms with Gasteiger partial charge in [-0.3, -0.25) is 0 Å². The normalized spacial score (nSPS) is 13.3. The Hall–Kier alpha value is -2.83. The zero-order valence-electron chi connectivity index (χ0n) is 14.4. The standard InChI is InChI=1S/C18H21N3O4/c1-3-24-15-7-12-5-6-21(11-13(12)8-16(15)25-4-2)17-10-19-14(9-20-17)18(22)23/h7-10H,3-6,11H2,1-2H3,(H,22,23). The van der Waals surface area contributed by atoms with Crippen molar-refractivity contribution in [2.24, 2.45) is 0 Å². The van der Waals surface area contributed by atoms with E-state index in [9.17, 15) is 4.79 Å². The Balaban J connectivity index is 1.84. The molecule has 0 radical (unpaired) electrons. The molecule has 2 aromatic rings. The Morgan fingerprint density at radius 2 is 1.80 bits per heavy atom. The first-order valence-electron chi connectivity index (χ1n) is 8.34. The first-order valence-corrected chi connectivity index (χ1v) is 8.34. The molecule has 25 heavy (non-hydrogen) atoms. The highest BCUT2D eigenvalue weighted by Gasteiger charge is 2.21. The number of aromatic carboxylic acids is 1. The molecule has 1 aromatic heterocycles. The molecule has 3 rings (SSSR count). The Kier molecular flexibility index (Phi) is 5.02. The van der Waals surface area contributed by atoms with Gasteiger partial charge in [0.05, 0.1) is 25.6 Å². The molecule has 0 saturated carbocycles. The summed E-state index contributed by atoms with van der Waals surface area (Å²) < 4.78 is 11.4. The van der Waals surface area contributed by atoms with Gasteiger partial charge in [-0.15, -0.1) is 0 Å². The summed E-state index contributed by atoms with van der Waals surface area (Å²) in [6.07, 6.45) is 3.65. The highest BCUT2D eigenvalue weighted by atomic mass is 16.5. The molecule has 7 nitrogen and oxygen atoms in total. The van der Waals surface area contributed by atoms with Crippen LogP contribution in [0, 0.1) is 0 Å². The van der Waals surface area contributed by atoms with E-state index in [1.54, 1.807) is 0 Å². The SMILES string of the molecule is CCOc1cc2c(cc1OCC)CN(c1cnc(C(=O)O)cn1)CC2.